The van der Waals surface area contributed by atoms with Gasteiger partial charge in [0.25, 0.3) is 10.0 Å². The number of ether oxygens (including phenoxy) is 2. The summed E-state index contributed by atoms with van der Waals surface area (Å²) in [5.74, 6) is 1.12. The van der Waals surface area contributed by atoms with Crippen molar-refractivity contribution in [1.82, 2.24) is 4.90 Å². The number of rotatable bonds is 8. The van der Waals surface area contributed by atoms with E-state index in [2.05, 4.69) is 4.90 Å². The minimum absolute atomic E-state index is 0.0981. The summed E-state index contributed by atoms with van der Waals surface area (Å²) in [6, 6.07) is 21.1. The molecule has 3 aromatic carbocycles. The second-order valence-electron chi connectivity index (χ2n) is 8.59. The monoisotopic (exact) mass is 509 g/mol. The van der Waals surface area contributed by atoms with Gasteiger partial charge in [0.1, 0.15) is 18.0 Å². The fourth-order valence-corrected chi connectivity index (χ4v) is 5.55. The van der Waals surface area contributed by atoms with Gasteiger partial charge in [-0.2, -0.15) is 0 Å². The summed E-state index contributed by atoms with van der Waals surface area (Å²) >= 11 is 0. The number of piperazine rings is 1. The van der Waals surface area contributed by atoms with E-state index in [1.165, 1.54) is 23.5 Å². The number of hydrogen-bond donors (Lipinski definition) is 0. The van der Waals surface area contributed by atoms with Gasteiger partial charge < -0.3 is 19.3 Å². The van der Waals surface area contributed by atoms with Crippen LogP contribution in [0.5, 0.6) is 11.5 Å². The fraction of sp³-hybridized carbons (Fsp3) is 0.296. The number of methoxy groups -OCH3 is 2. The van der Waals surface area contributed by atoms with E-state index in [-0.39, 0.29) is 17.3 Å². The third-order valence-corrected chi connectivity index (χ3v) is 8.11. The predicted molar refractivity (Wildman–Crippen MR) is 140 cm³/mol. The quantitative estimate of drug-likeness (QED) is 0.462. The predicted octanol–water partition coefficient (Wildman–Crippen LogP) is 3.56. The lowest BCUT2D eigenvalue weighted by Gasteiger charge is -2.37. The average Bonchev–Trinajstić information content (AvgIpc) is 2.92. The molecular weight excluding hydrogens is 478 g/mol. The van der Waals surface area contributed by atoms with Crippen molar-refractivity contribution in [1.29, 1.82) is 0 Å². The second kappa shape index (κ2) is 10.9. The molecule has 0 spiro atoms. The van der Waals surface area contributed by atoms with E-state index in [1.54, 1.807) is 36.3 Å². The van der Waals surface area contributed by atoms with Crippen molar-refractivity contribution in [3.8, 4) is 11.5 Å². The van der Waals surface area contributed by atoms with Gasteiger partial charge >= 0.3 is 0 Å². The van der Waals surface area contributed by atoms with Gasteiger partial charge in [-0.05, 0) is 67.6 Å². The van der Waals surface area contributed by atoms with Crippen molar-refractivity contribution in [2.45, 2.75) is 11.8 Å². The average molecular weight is 510 g/mol. The SMILES string of the molecule is COc1ccc(N2CCN(C(=O)CN(c3ccc(C)cc3)S(=O)(=O)c3ccc(OC)cc3)CC2)cc1. The van der Waals surface area contributed by atoms with Gasteiger partial charge in [0.2, 0.25) is 5.91 Å². The Morgan fingerprint density at radius 2 is 1.33 bits per heavy atom. The van der Waals surface area contributed by atoms with E-state index in [4.69, 9.17) is 9.47 Å². The molecule has 1 saturated heterocycles. The van der Waals surface area contributed by atoms with Crippen LogP contribution >= 0.6 is 0 Å². The number of anilines is 2. The largest absolute Gasteiger partial charge is 0.497 e. The van der Waals surface area contributed by atoms with E-state index in [9.17, 15) is 13.2 Å². The molecule has 9 heteroatoms. The Labute approximate surface area is 212 Å². The Morgan fingerprint density at radius 1 is 0.806 bits per heavy atom. The summed E-state index contributed by atoms with van der Waals surface area (Å²) < 4.78 is 38.8. The molecule has 0 saturated carbocycles. The summed E-state index contributed by atoms with van der Waals surface area (Å²) in [4.78, 5) is 17.3. The zero-order chi connectivity index (χ0) is 25.7. The number of sulfonamides is 1. The Kier molecular flexibility index (Phi) is 7.69. The van der Waals surface area contributed by atoms with Crippen LogP contribution in [0.3, 0.4) is 0 Å². The molecule has 0 bridgehead atoms. The van der Waals surface area contributed by atoms with Crippen LogP contribution < -0.4 is 18.7 Å². The Hall–Kier alpha value is -3.72. The molecule has 0 aromatic heterocycles. The minimum atomic E-state index is -3.98. The molecule has 1 aliphatic rings. The third kappa shape index (κ3) is 5.57. The molecule has 1 heterocycles. The number of amides is 1. The number of hydrogen-bond acceptors (Lipinski definition) is 6. The maximum absolute atomic E-state index is 13.6. The van der Waals surface area contributed by atoms with E-state index in [0.29, 0.717) is 37.6 Å². The van der Waals surface area contributed by atoms with Crippen molar-refractivity contribution < 1.29 is 22.7 Å². The first kappa shape index (κ1) is 25.4. The molecule has 8 nitrogen and oxygen atoms in total. The van der Waals surface area contributed by atoms with Gasteiger partial charge in [-0.1, -0.05) is 17.7 Å². The van der Waals surface area contributed by atoms with Crippen LogP contribution in [0, 0.1) is 6.92 Å². The standard InChI is InChI=1S/C27H31N3O5S/c1-21-4-6-23(7-5-21)30(36(32,33)26-14-12-25(35-3)13-15-26)20-27(31)29-18-16-28(17-19-29)22-8-10-24(34-2)11-9-22/h4-15H,16-20H2,1-3H3. The lowest BCUT2D eigenvalue weighted by Crippen LogP contribution is -2.52. The fourth-order valence-electron chi connectivity index (χ4n) is 4.13. The minimum Gasteiger partial charge on any atom is -0.497 e. The van der Waals surface area contributed by atoms with Crippen LogP contribution in [-0.4, -0.2) is 66.2 Å². The molecule has 1 aliphatic heterocycles. The van der Waals surface area contributed by atoms with Crippen molar-refractivity contribution >= 4 is 27.3 Å². The third-order valence-electron chi connectivity index (χ3n) is 6.32. The lowest BCUT2D eigenvalue weighted by molar-refractivity contribution is -0.129. The zero-order valence-corrected chi connectivity index (χ0v) is 21.6. The number of benzene rings is 3. The molecule has 1 amide bonds. The first-order valence-corrected chi connectivity index (χ1v) is 13.2. The van der Waals surface area contributed by atoms with Gasteiger partial charge in [-0.3, -0.25) is 9.10 Å². The van der Waals surface area contributed by atoms with Crippen LogP contribution in [0.1, 0.15) is 5.56 Å². The highest BCUT2D eigenvalue weighted by Crippen LogP contribution is 2.26. The molecular formula is C27H31N3O5S. The summed E-state index contributed by atoms with van der Waals surface area (Å²) in [5.41, 5.74) is 2.51. The number of nitrogens with zero attached hydrogens (tertiary/aromatic N) is 3. The zero-order valence-electron chi connectivity index (χ0n) is 20.8. The number of aryl methyl sites for hydroxylation is 1. The van der Waals surface area contributed by atoms with E-state index in [1.807, 2.05) is 43.3 Å². The molecule has 3 aromatic rings. The van der Waals surface area contributed by atoms with E-state index >= 15 is 0 Å². The van der Waals surface area contributed by atoms with Crippen molar-refractivity contribution in [2.24, 2.45) is 0 Å². The molecule has 36 heavy (non-hydrogen) atoms. The molecule has 0 atom stereocenters. The summed E-state index contributed by atoms with van der Waals surface area (Å²) in [5, 5.41) is 0. The number of carbonyl (C=O) groups is 1. The van der Waals surface area contributed by atoms with Crippen molar-refractivity contribution in [3.63, 3.8) is 0 Å². The highest BCUT2D eigenvalue weighted by Gasteiger charge is 2.30. The van der Waals surface area contributed by atoms with E-state index in [0.717, 1.165) is 17.0 Å². The second-order valence-corrected chi connectivity index (χ2v) is 10.5. The first-order chi connectivity index (χ1) is 17.3. The first-order valence-electron chi connectivity index (χ1n) is 11.7. The highest BCUT2D eigenvalue weighted by atomic mass is 32.2. The Bertz CT molecular complexity index is 1270. The Balaban J connectivity index is 1.51. The van der Waals surface area contributed by atoms with Gasteiger partial charge in [0.05, 0.1) is 24.8 Å². The lowest BCUT2D eigenvalue weighted by atomic mass is 10.2. The molecule has 0 unspecified atom stereocenters. The normalized spacial score (nSPS) is 13.9. The van der Waals surface area contributed by atoms with Gasteiger partial charge in [-0.25, -0.2) is 8.42 Å². The highest BCUT2D eigenvalue weighted by molar-refractivity contribution is 7.92. The summed E-state index contributed by atoms with van der Waals surface area (Å²) in [6.07, 6.45) is 0. The summed E-state index contributed by atoms with van der Waals surface area (Å²) in [6.45, 7) is 3.99. The molecule has 1 fully saturated rings. The van der Waals surface area contributed by atoms with Crippen molar-refractivity contribution in [3.05, 3.63) is 78.4 Å². The van der Waals surface area contributed by atoms with E-state index < -0.39 is 10.0 Å². The maximum atomic E-state index is 13.6. The smallest absolute Gasteiger partial charge is 0.264 e. The van der Waals surface area contributed by atoms with Crippen LogP contribution in [-0.2, 0) is 14.8 Å². The molecule has 4 rings (SSSR count). The topological polar surface area (TPSA) is 79.4 Å². The van der Waals surface area contributed by atoms with Gasteiger partial charge in [-0.15, -0.1) is 0 Å². The molecule has 0 aliphatic carbocycles. The van der Waals surface area contributed by atoms with Gasteiger partial charge in [0.15, 0.2) is 0 Å². The van der Waals surface area contributed by atoms with Crippen LogP contribution in [0.15, 0.2) is 77.7 Å². The van der Waals surface area contributed by atoms with Crippen molar-refractivity contribution in [2.75, 3.05) is 56.1 Å². The molecule has 190 valence electrons. The summed E-state index contributed by atoms with van der Waals surface area (Å²) in [7, 11) is -0.822. The van der Waals surface area contributed by atoms with Crippen LogP contribution in [0.2, 0.25) is 0 Å². The van der Waals surface area contributed by atoms with Gasteiger partial charge in [0, 0.05) is 31.9 Å². The molecule has 0 N–H and O–H groups in total. The maximum Gasteiger partial charge on any atom is 0.264 e. The van der Waals surface area contributed by atoms with Crippen LogP contribution in [0.25, 0.3) is 0 Å². The Morgan fingerprint density at radius 3 is 1.86 bits per heavy atom. The number of carbonyl (C=O) groups excluding carboxylic acids is 1. The molecule has 0 radical (unpaired) electrons. The van der Waals surface area contributed by atoms with Crippen LogP contribution in [0.4, 0.5) is 11.4 Å².